The second-order valence-corrected chi connectivity index (χ2v) is 7.19. The summed E-state index contributed by atoms with van der Waals surface area (Å²) in [6.07, 6.45) is 0. The fourth-order valence-corrected chi connectivity index (χ4v) is 3.44. The number of fused-ring (bicyclic) bond motifs is 1. The Hall–Kier alpha value is -4.28. The molecule has 2 aromatic carbocycles. The van der Waals surface area contributed by atoms with Crippen molar-refractivity contribution in [1.82, 2.24) is 14.3 Å². The summed E-state index contributed by atoms with van der Waals surface area (Å²) in [5.41, 5.74) is -0.387. The largest absolute Gasteiger partial charge is 0.462 e. The van der Waals surface area contributed by atoms with Crippen LogP contribution in [0.3, 0.4) is 0 Å². The number of nitrogens with one attached hydrogen (secondary N) is 1. The van der Waals surface area contributed by atoms with Crippen LogP contribution in [-0.2, 0) is 22.6 Å². The first-order valence-corrected chi connectivity index (χ1v) is 10.2. The van der Waals surface area contributed by atoms with Crippen molar-refractivity contribution in [2.75, 3.05) is 23.4 Å². The number of ether oxygens (including phenoxy) is 1. The molecule has 2 heterocycles. The lowest BCUT2D eigenvalue weighted by molar-refractivity contribution is -0.117. The second kappa shape index (κ2) is 9.07. The number of carbonyl (C=O) groups is 2. The number of halogens is 1. The highest BCUT2D eigenvalue weighted by Crippen LogP contribution is 2.26. The Morgan fingerprint density at radius 2 is 1.73 bits per heavy atom. The number of aromatic nitrogens is 3. The summed E-state index contributed by atoms with van der Waals surface area (Å²) >= 11 is 0. The summed E-state index contributed by atoms with van der Waals surface area (Å²) in [4.78, 5) is 50.9. The topological polar surface area (TPSA) is 116 Å². The van der Waals surface area contributed by atoms with E-state index < -0.39 is 35.4 Å². The minimum Gasteiger partial charge on any atom is -0.462 e. The first-order valence-electron chi connectivity index (χ1n) is 10.2. The number of anilines is 3. The molecule has 0 fully saturated rings. The fraction of sp³-hybridized carbons (Fsp3) is 0.227. The number of carbonyl (C=O) groups excluding carboxylic acids is 2. The Morgan fingerprint density at radius 1 is 1.03 bits per heavy atom. The van der Waals surface area contributed by atoms with Gasteiger partial charge in [-0.2, -0.15) is 0 Å². The predicted octanol–water partition coefficient (Wildman–Crippen LogP) is 1.51. The van der Waals surface area contributed by atoms with Crippen molar-refractivity contribution in [2.24, 2.45) is 0 Å². The van der Waals surface area contributed by atoms with E-state index in [1.54, 1.807) is 24.0 Å². The summed E-state index contributed by atoms with van der Waals surface area (Å²) in [7, 11) is 0. The molecule has 0 spiro atoms. The number of esters is 1. The molecule has 1 aliphatic heterocycles. The highest BCUT2D eigenvalue weighted by Gasteiger charge is 2.26. The van der Waals surface area contributed by atoms with Crippen LogP contribution >= 0.6 is 0 Å². The summed E-state index contributed by atoms with van der Waals surface area (Å²) in [5.74, 6) is -1.27. The average Bonchev–Trinajstić information content (AvgIpc) is 3.22. The first-order chi connectivity index (χ1) is 15.9. The Kier molecular flexibility index (Phi) is 6.03. The smallest absolute Gasteiger partial charge is 0.338 e. The molecule has 3 aromatic rings. The van der Waals surface area contributed by atoms with Gasteiger partial charge in [0.25, 0.3) is 0 Å². The maximum Gasteiger partial charge on any atom is 0.338 e. The molecule has 4 rings (SSSR count). The molecule has 0 bridgehead atoms. The van der Waals surface area contributed by atoms with Crippen LogP contribution in [0, 0.1) is 5.82 Å². The van der Waals surface area contributed by atoms with Crippen molar-refractivity contribution in [1.29, 1.82) is 0 Å². The van der Waals surface area contributed by atoms with E-state index in [9.17, 15) is 23.6 Å². The van der Waals surface area contributed by atoms with Gasteiger partial charge in [0.1, 0.15) is 12.4 Å². The first kappa shape index (κ1) is 21.9. The third-order valence-electron chi connectivity index (χ3n) is 5.01. The normalized spacial score (nSPS) is 12.4. The third-order valence-corrected chi connectivity index (χ3v) is 5.01. The van der Waals surface area contributed by atoms with Gasteiger partial charge in [0, 0.05) is 24.5 Å². The lowest BCUT2D eigenvalue weighted by Gasteiger charge is -2.17. The second-order valence-electron chi connectivity index (χ2n) is 7.19. The monoisotopic (exact) mass is 453 g/mol. The van der Waals surface area contributed by atoms with Gasteiger partial charge in [0.2, 0.25) is 11.9 Å². The van der Waals surface area contributed by atoms with Crippen LogP contribution in [-0.4, -0.2) is 39.4 Å². The van der Waals surface area contributed by atoms with Gasteiger partial charge in [-0.3, -0.25) is 19.0 Å². The van der Waals surface area contributed by atoms with Crippen molar-refractivity contribution < 1.29 is 18.7 Å². The van der Waals surface area contributed by atoms with Crippen LogP contribution in [0.15, 0.2) is 58.1 Å². The van der Waals surface area contributed by atoms with Crippen molar-refractivity contribution >= 4 is 29.2 Å². The van der Waals surface area contributed by atoms with E-state index >= 15 is 0 Å². The Labute approximate surface area is 186 Å². The Morgan fingerprint density at radius 3 is 2.39 bits per heavy atom. The average molecular weight is 453 g/mol. The molecule has 11 heteroatoms. The van der Waals surface area contributed by atoms with Crippen molar-refractivity contribution in [3.63, 3.8) is 0 Å². The molecule has 1 aromatic heterocycles. The van der Waals surface area contributed by atoms with Gasteiger partial charge in [-0.25, -0.2) is 13.9 Å². The summed E-state index contributed by atoms with van der Waals surface area (Å²) in [5, 5.41) is 6.81. The van der Waals surface area contributed by atoms with E-state index in [-0.39, 0.29) is 19.1 Å². The zero-order chi connectivity index (χ0) is 23.5. The molecule has 1 amide bonds. The maximum absolute atomic E-state index is 13.3. The van der Waals surface area contributed by atoms with Crippen LogP contribution in [0.5, 0.6) is 0 Å². The Balaban J connectivity index is 1.53. The van der Waals surface area contributed by atoms with E-state index in [4.69, 9.17) is 4.74 Å². The molecular formula is C22H20FN5O5. The van der Waals surface area contributed by atoms with E-state index in [0.29, 0.717) is 23.5 Å². The van der Waals surface area contributed by atoms with Crippen molar-refractivity contribution in [2.45, 2.75) is 20.0 Å². The number of nitrogens with zero attached hydrogens (tertiary/aromatic N) is 4. The van der Waals surface area contributed by atoms with E-state index in [1.807, 2.05) is 0 Å². The SMILES string of the molecule is CCOC(=O)c1ccc(NC(=O)Cn2nc3n(c(=O)c2=O)CCN3c2ccc(F)cc2)cc1. The fourth-order valence-electron chi connectivity index (χ4n) is 3.44. The van der Waals surface area contributed by atoms with Crippen LogP contribution in [0.1, 0.15) is 17.3 Å². The quantitative estimate of drug-likeness (QED) is 0.444. The van der Waals surface area contributed by atoms with Gasteiger partial charge in [-0.05, 0) is 55.5 Å². The molecule has 170 valence electrons. The van der Waals surface area contributed by atoms with Gasteiger partial charge in [0.15, 0.2) is 0 Å². The molecule has 0 atom stereocenters. The highest BCUT2D eigenvalue weighted by molar-refractivity contribution is 5.93. The molecule has 1 aliphatic rings. The minimum absolute atomic E-state index is 0.192. The number of amides is 1. The van der Waals surface area contributed by atoms with Crippen LogP contribution in [0.4, 0.5) is 21.7 Å². The standard InChI is InChI=1S/C22H20FN5O5/c1-2-33-21(32)14-3-7-16(8-4-14)24-18(29)13-28-20(31)19(30)27-12-11-26(22(27)25-28)17-9-5-15(23)6-10-17/h3-10H,2,11-13H2,1H3,(H,24,29). The van der Waals surface area contributed by atoms with Gasteiger partial charge in [-0.15, -0.1) is 5.10 Å². The number of hydrogen-bond donors (Lipinski definition) is 1. The number of rotatable bonds is 6. The van der Waals surface area contributed by atoms with E-state index in [0.717, 1.165) is 4.68 Å². The molecule has 0 unspecified atom stereocenters. The Bertz CT molecular complexity index is 1310. The zero-order valence-corrected chi connectivity index (χ0v) is 17.7. The zero-order valence-electron chi connectivity index (χ0n) is 17.7. The summed E-state index contributed by atoms with van der Waals surface area (Å²) in [6, 6.07) is 11.7. The van der Waals surface area contributed by atoms with Gasteiger partial charge in [-0.1, -0.05) is 0 Å². The van der Waals surface area contributed by atoms with Crippen molar-refractivity contribution in [3.05, 3.63) is 80.6 Å². The molecule has 10 nitrogen and oxygen atoms in total. The van der Waals surface area contributed by atoms with E-state index in [1.165, 1.54) is 41.0 Å². The summed E-state index contributed by atoms with van der Waals surface area (Å²) in [6.45, 7) is 2.08. The van der Waals surface area contributed by atoms with E-state index in [2.05, 4.69) is 10.4 Å². The number of benzene rings is 2. The molecule has 0 saturated carbocycles. The van der Waals surface area contributed by atoms with Crippen molar-refractivity contribution in [3.8, 4) is 0 Å². The maximum atomic E-state index is 13.3. The minimum atomic E-state index is -0.924. The third kappa shape index (κ3) is 4.52. The van der Waals surface area contributed by atoms with Crippen LogP contribution < -0.4 is 21.3 Å². The predicted molar refractivity (Wildman–Crippen MR) is 117 cm³/mol. The molecule has 0 aliphatic carbocycles. The molecule has 0 radical (unpaired) electrons. The lowest BCUT2D eigenvalue weighted by atomic mass is 10.2. The van der Waals surface area contributed by atoms with Crippen LogP contribution in [0.25, 0.3) is 0 Å². The highest BCUT2D eigenvalue weighted by atomic mass is 19.1. The molecule has 33 heavy (non-hydrogen) atoms. The van der Waals surface area contributed by atoms with Crippen LogP contribution in [0.2, 0.25) is 0 Å². The van der Waals surface area contributed by atoms with Gasteiger partial charge >= 0.3 is 17.1 Å². The summed E-state index contributed by atoms with van der Waals surface area (Å²) < 4.78 is 20.2. The molecule has 0 saturated heterocycles. The lowest BCUT2D eigenvalue weighted by Crippen LogP contribution is -2.44. The molecular weight excluding hydrogens is 433 g/mol. The number of hydrogen-bond acceptors (Lipinski definition) is 7. The van der Waals surface area contributed by atoms with Gasteiger partial charge < -0.3 is 15.0 Å². The van der Waals surface area contributed by atoms with Gasteiger partial charge in [0.05, 0.1) is 12.2 Å². The molecule has 1 N–H and O–H groups in total.